The molecule has 0 aromatic heterocycles. The Balaban J connectivity index is 2.69. The summed E-state index contributed by atoms with van der Waals surface area (Å²) >= 11 is 0. The second kappa shape index (κ2) is 11.6. The molecule has 0 bridgehead atoms. The van der Waals surface area contributed by atoms with E-state index in [2.05, 4.69) is 5.32 Å². The molecule has 29 heavy (non-hydrogen) atoms. The van der Waals surface area contributed by atoms with Crippen molar-refractivity contribution >= 4 is 17.8 Å². The standard InChI is InChI=1S/C23H41NO5/c1-15(2)18(21(26)28-14-17-11-9-8-10-12-17)13-19(25)20(16(3)4)24-22(27)29-23(5,6)7/h15-18,20H,8-14H2,1-7H3,(H,24,27)/t18-,20-/m0/s1. The van der Waals surface area contributed by atoms with Gasteiger partial charge in [0, 0.05) is 6.42 Å². The highest BCUT2D eigenvalue weighted by Gasteiger charge is 2.33. The quantitative estimate of drug-likeness (QED) is 0.546. The number of ether oxygens (including phenoxy) is 2. The molecule has 1 N–H and O–H groups in total. The van der Waals surface area contributed by atoms with Crippen molar-refractivity contribution in [2.45, 2.75) is 98.6 Å². The number of hydrogen-bond acceptors (Lipinski definition) is 5. The Morgan fingerprint density at radius 3 is 2.03 bits per heavy atom. The topological polar surface area (TPSA) is 81.7 Å². The van der Waals surface area contributed by atoms with Gasteiger partial charge in [-0.1, -0.05) is 47.0 Å². The zero-order valence-electron chi connectivity index (χ0n) is 19.4. The predicted molar refractivity (Wildman–Crippen MR) is 113 cm³/mol. The summed E-state index contributed by atoms with van der Waals surface area (Å²) < 4.78 is 10.9. The Hall–Kier alpha value is -1.59. The van der Waals surface area contributed by atoms with Gasteiger partial charge in [0.25, 0.3) is 0 Å². The van der Waals surface area contributed by atoms with E-state index in [-0.39, 0.29) is 30.0 Å². The van der Waals surface area contributed by atoms with Crippen LogP contribution < -0.4 is 5.32 Å². The van der Waals surface area contributed by atoms with Gasteiger partial charge in [-0.2, -0.15) is 0 Å². The van der Waals surface area contributed by atoms with Crippen molar-refractivity contribution in [3.8, 4) is 0 Å². The van der Waals surface area contributed by atoms with Crippen molar-refractivity contribution in [2.75, 3.05) is 6.61 Å². The molecule has 0 aromatic rings. The van der Waals surface area contributed by atoms with Crippen LogP contribution in [0.2, 0.25) is 0 Å². The van der Waals surface area contributed by atoms with Crippen LogP contribution in [0.15, 0.2) is 0 Å². The summed E-state index contributed by atoms with van der Waals surface area (Å²) in [6.07, 6.45) is 5.29. The molecule has 1 aliphatic carbocycles. The molecule has 1 fully saturated rings. The number of carbonyl (C=O) groups excluding carboxylic acids is 3. The van der Waals surface area contributed by atoms with Crippen molar-refractivity contribution in [3.05, 3.63) is 0 Å². The second-order valence-corrected chi connectivity index (χ2v) is 10.0. The number of ketones is 1. The molecule has 0 aromatic carbocycles. The zero-order chi connectivity index (χ0) is 22.2. The summed E-state index contributed by atoms with van der Waals surface area (Å²) in [5, 5.41) is 2.68. The minimum absolute atomic E-state index is 0.0212. The summed E-state index contributed by atoms with van der Waals surface area (Å²) in [4.78, 5) is 37.7. The lowest BCUT2D eigenvalue weighted by Crippen LogP contribution is -2.47. The third-order valence-corrected chi connectivity index (χ3v) is 5.40. The fraction of sp³-hybridized carbons (Fsp3) is 0.870. The molecule has 0 unspecified atom stereocenters. The lowest BCUT2D eigenvalue weighted by molar-refractivity contribution is -0.153. The van der Waals surface area contributed by atoms with Crippen molar-refractivity contribution in [3.63, 3.8) is 0 Å². The molecule has 1 saturated carbocycles. The van der Waals surface area contributed by atoms with Crippen LogP contribution in [0.25, 0.3) is 0 Å². The molecular weight excluding hydrogens is 370 g/mol. The van der Waals surface area contributed by atoms with Crippen LogP contribution in [0.5, 0.6) is 0 Å². The first-order chi connectivity index (χ1) is 13.4. The van der Waals surface area contributed by atoms with E-state index in [0.29, 0.717) is 12.5 Å². The van der Waals surface area contributed by atoms with E-state index in [1.807, 2.05) is 27.7 Å². The third kappa shape index (κ3) is 9.64. The lowest BCUT2D eigenvalue weighted by Gasteiger charge is -2.27. The molecule has 6 heteroatoms. The van der Waals surface area contributed by atoms with Gasteiger partial charge < -0.3 is 14.8 Å². The first-order valence-corrected chi connectivity index (χ1v) is 11.1. The number of alkyl carbamates (subject to hydrolysis) is 1. The highest BCUT2D eigenvalue weighted by molar-refractivity contribution is 5.90. The molecule has 2 atom stereocenters. The first kappa shape index (κ1) is 25.4. The fourth-order valence-corrected chi connectivity index (χ4v) is 3.65. The smallest absolute Gasteiger partial charge is 0.408 e. The highest BCUT2D eigenvalue weighted by Crippen LogP contribution is 2.25. The highest BCUT2D eigenvalue weighted by atomic mass is 16.6. The lowest BCUT2D eigenvalue weighted by atomic mass is 9.86. The Kier molecular flexibility index (Phi) is 10.1. The minimum Gasteiger partial charge on any atom is -0.465 e. The second-order valence-electron chi connectivity index (χ2n) is 10.0. The molecule has 0 heterocycles. The van der Waals surface area contributed by atoms with Crippen LogP contribution in [0.3, 0.4) is 0 Å². The summed E-state index contributed by atoms with van der Waals surface area (Å²) in [5.74, 6) is -0.674. The molecule has 6 nitrogen and oxygen atoms in total. The Morgan fingerprint density at radius 1 is 0.966 bits per heavy atom. The van der Waals surface area contributed by atoms with E-state index in [4.69, 9.17) is 9.47 Å². The molecule has 0 spiro atoms. The largest absolute Gasteiger partial charge is 0.465 e. The van der Waals surface area contributed by atoms with Gasteiger partial charge in [-0.25, -0.2) is 4.79 Å². The van der Waals surface area contributed by atoms with Gasteiger partial charge in [0.05, 0.1) is 18.6 Å². The van der Waals surface area contributed by atoms with Gasteiger partial charge in [0.2, 0.25) is 0 Å². The fourth-order valence-electron chi connectivity index (χ4n) is 3.65. The summed E-state index contributed by atoms with van der Waals surface area (Å²) in [5.41, 5.74) is -0.641. The van der Waals surface area contributed by atoms with Crippen molar-refractivity contribution in [1.82, 2.24) is 5.32 Å². The van der Waals surface area contributed by atoms with Crippen LogP contribution in [-0.2, 0) is 19.1 Å². The van der Waals surface area contributed by atoms with E-state index in [1.165, 1.54) is 19.3 Å². The maximum absolute atomic E-state index is 12.9. The van der Waals surface area contributed by atoms with Crippen molar-refractivity contribution < 1.29 is 23.9 Å². The summed E-state index contributed by atoms with van der Waals surface area (Å²) in [6.45, 7) is 13.3. The maximum atomic E-state index is 12.9. The number of carbonyl (C=O) groups is 3. The molecule has 0 radical (unpaired) electrons. The average molecular weight is 412 g/mol. The van der Waals surface area contributed by atoms with Crippen LogP contribution in [-0.4, -0.2) is 36.1 Å². The van der Waals surface area contributed by atoms with Crippen LogP contribution >= 0.6 is 0 Å². The number of esters is 1. The van der Waals surface area contributed by atoms with Gasteiger partial charge in [0.1, 0.15) is 5.60 Å². The Bertz CT molecular complexity index is 544. The molecular formula is C23H41NO5. The maximum Gasteiger partial charge on any atom is 0.408 e. The SMILES string of the molecule is CC(C)[C@H](CC(=O)[C@@H](NC(=O)OC(C)(C)C)C(C)C)C(=O)OCC1CCCCC1. The number of nitrogens with one attached hydrogen (secondary N) is 1. The predicted octanol–water partition coefficient (Wildman–Crippen LogP) is 4.89. The number of hydrogen-bond donors (Lipinski definition) is 1. The monoisotopic (exact) mass is 411 g/mol. The van der Waals surface area contributed by atoms with E-state index in [9.17, 15) is 14.4 Å². The number of rotatable bonds is 9. The van der Waals surface area contributed by atoms with E-state index >= 15 is 0 Å². The molecule has 1 aliphatic rings. The molecule has 1 amide bonds. The minimum atomic E-state index is -0.697. The van der Waals surface area contributed by atoms with Gasteiger partial charge in [-0.3, -0.25) is 9.59 Å². The zero-order valence-corrected chi connectivity index (χ0v) is 19.4. The van der Waals surface area contributed by atoms with Crippen LogP contribution in [0.1, 0.15) is 87.0 Å². The third-order valence-electron chi connectivity index (χ3n) is 5.40. The van der Waals surface area contributed by atoms with E-state index < -0.39 is 23.7 Å². The van der Waals surface area contributed by atoms with Gasteiger partial charge >= 0.3 is 12.1 Å². The normalized spacial score (nSPS) is 17.7. The van der Waals surface area contributed by atoms with Crippen molar-refractivity contribution in [2.24, 2.45) is 23.7 Å². The summed E-state index contributed by atoms with van der Waals surface area (Å²) in [6, 6.07) is -0.697. The van der Waals surface area contributed by atoms with E-state index in [1.54, 1.807) is 20.8 Å². The molecule has 0 aliphatic heterocycles. The molecule has 168 valence electrons. The molecule has 1 rings (SSSR count). The molecule has 0 saturated heterocycles. The van der Waals surface area contributed by atoms with Gasteiger partial charge in [0.15, 0.2) is 5.78 Å². The number of amides is 1. The van der Waals surface area contributed by atoms with E-state index in [0.717, 1.165) is 12.8 Å². The van der Waals surface area contributed by atoms with Gasteiger partial charge in [-0.15, -0.1) is 0 Å². The first-order valence-electron chi connectivity index (χ1n) is 11.1. The summed E-state index contributed by atoms with van der Waals surface area (Å²) in [7, 11) is 0. The van der Waals surface area contributed by atoms with Crippen molar-refractivity contribution in [1.29, 1.82) is 0 Å². The Labute approximate surface area is 176 Å². The van der Waals surface area contributed by atoms with Gasteiger partial charge in [-0.05, 0) is 51.4 Å². The van der Waals surface area contributed by atoms with Crippen LogP contribution in [0, 0.1) is 23.7 Å². The average Bonchev–Trinajstić information content (AvgIpc) is 2.60. The number of Topliss-reactive ketones (excluding diaryl/α,β-unsaturated/α-hetero) is 1. The Morgan fingerprint density at radius 2 is 1.55 bits per heavy atom. The van der Waals surface area contributed by atoms with Crippen LogP contribution in [0.4, 0.5) is 4.79 Å².